The molecule has 0 saturated heterocycles. The number of fused-ring (bicyclic) bond motifs is 4. The van der Waals surface area contributed by atoms with Crippen molar-refractivity contribution in [1.82, 2.24) is 58.6 Å². The van der Waals surface area contributed by atoms with Crippen LogP contribution in [0.25, 0.3) is 44.1 Å². The van der Waals surface area contributed by atoms with Crippen molar-refractivity contribution in [2.45, 2.75) is 57.4 Å². The molecule has 0 fully saturated rings. The molecule has 0 unspecified atom stereocenters. The molecule has 0 aromatic carbocycles. The van der Waals surface area contributed by atoms with Gasteiger partial charge in [0.05, 0.1) is 21.5 Å². The summed E-state index contributed by atoms with van der Waals surface area (Å²) in [5, 5.41) is 5.06. The second-order valence-corrected chi connectivity index (χ2v) is 13.6. The van der Waals surface area contributed by atoms with E-state index < -0.39 is 0 Å². The first-order valence-electron chi connectivity index (χ1n) is 14.5. The van der Waals surface area contributed by atoms with Gasteiger partial charge in [0.15, 0.2) is 0 Å². The van der Waals surface area contributed by atoms with E-state index in [1.54, 1.807) is 6.20 Å². The minimum Gasteiger partial charge on any atom is -0.383 e. The lowest BCUT2D eigenvalue weighted by Crippen LogP contribution is -1.98. The topological polar surface area (TPSA) is 160 Å². The smallest absolute Gasteiger partial charge is 0.146 e. The Balaban J connectivity index is 0.000000345. The minimum absolute atomic E-state index is 0. The molecule has 0 aliphatic heterocycles. The number of nitrogens with two attached hydrogens (primary N) is 1. The molecule has 3 N–H and O–H groups in total. The van der Waals surface area contributed by atoms with Crippen LogP contribution in [0.4, 0.5) is 5.82 Å². The normalized spacial score (nSPS) is 10.1. The number of halogens is 5. The lowest BCUT2D eigenvalue weighted by atomic mass is 10.4. The van der Waals surface area contributed by atoms with Gasteiger partial charge in [-0.1, -0.05) is 64.5 Å². The fourth-order valence-electron chi connectivity index (χ4n) is 4.85. The van der Waals surface area contributed by atoms with Crippen molar-refractivity contribution < 1.29 is 0 Å². The first-order chi connectivity index (χ1) is 23.1. The van der Waals surface area contributed by atoms with Gasteiger partial charge in [-0.2, -0.15) is 0 Å². The molecule has 0 spiro atoms. The highest BCUT2D eigenvalue weighted by molar-refractivity contribution is 9.11. The van der Waals surface area contributed by atoms with E-state index in [1.165, 1.54) is 0 Å². The molecule has 0 radical (unpaired) electrons. The molecule has 8 heterocycles. The minimum atomic E-state index is 0. The van der Waals surface area contributed by atoms with E-state index in [9.17, 15) is 0 Å². The molecule has 8 rings (SSSR count). The van der Waals surface area contributed by atoms with Crippen LogP contribution in [-0.2, 0) is 21.1 Å². The standard InChI is InChI=1S/C8H7BrClN3.C8H9BrN4.C8H8ClN3.C7H6ClN3.4CH4/c2*1-4-11-7(10)6-5(9)3-13(2)8(6)12-4;1-5-10-7(9)6-3-4-12(2)8(6)11-5;1-4-10-6(8)5-2-3-9-7(5)11-4;;;;/h3H,1-2H3;3H,1-2H3,(H2,10,11,12);3-4H,1-2H3;2-3H,1H3,(H,9,10,11);4*1H4. The molecule has 13 nitrogen and oxygen atoms in total. The number of H-pyrrole nitrogens is 1. The summed E-state index contributed by atoms with van der Waals surface area (Å²) in [7, 11) is 5.79. The zero-order valence-electron chi connectivity index (χ0n) is 27.4. The van der Waals surface area contributed by atoms with E-state index in [0.717, 1.165) is 53.1 Å². The Hall–Kier alpha value is -3.89. The zero-order chi connectivity index (χ0) is 35.7. The molecule has 8 aromatic rings. The fourth-order valence-corrected chi connectivity index (χ4v) is 7.18. The quantitative estimate of drug-likeness (QED) is 0.141. The van der Waals surface area contributed by atoms with Crippen molar-refractivity contribution in [3.63, 3.8) is 0 Å². The Bertz CT molecular complexity index is 2380. The van der Waals surface area contributed by atoms with Crippen LogP contribution < -0.4 is 5.73 Å². The molecule has 18 heteroatoms. The van der Waals surface area contributed by atoms with Crippen LogP contribution in [0.15, 0.2) is 45.9 Å². The zero-order valence-corrected chi connectivity index (χ0v) is 32.8. The van der Waals surface area contributed by atoms with Gasteiger partial charge in [0.25, 0.3) is 0 Å². The maximum absolute atomic E-state index is 5.99. The Morgan fingerprint density at radius 1 is 0.566 bits per heavy atom. The fraction of sp³-hybridized carbons (Fsp3) is 0.314. The Labute approximate surface area is 342 Å². The van der Waals surface area contributed by atoms with Crippen molar-refractivity contribution >= 4 is 117 Å². The third-order valence-electron chi connectivity index (χ3n) is 7.02. The summed E-state index contributed by atoms with van der Waals surface area (Å²) < 4.78 is 7.62. The molecule has 0 aliphatic rings. The summed E-state index contributed by atoms with van der Waals surface area (Å²) in [6, 6.07) is 3.77. The molecule has 0 bridgehead atoms. The molecule has 286 valence electrons. The Morgan fingerprint density at radius 2 is 1.02 bits per heavy atom. The average molecular weight is 915 g/mol. The number of aromatic nitrogens is 12. The van der Waals surface area contributed by atoms with Crippen molar-refractivity contribution in [1.29, 1.82) is 0 Å². The second-order valence-electron chi connectivity index (χ2n) is 10.8. The third kappa shape index (κ3) is 10.4. The number of aromatic amines is 1. The molecule has 0 atom stereocenters. The first kappa shape index (κ1) is 47.1. The van der Waals surface area contributed by atoms with Crippen molar-refractivity contribution in [3.05, 3.63) is 84.6 Å². The number of nitrogens with zero attached hydrogens (tertiary/aromatic N) is 11. The van der Waals surface area contributed by atoms with Gasteiger partial charge in [-0.3, -0.25) is 0 Å². The van der Waals surface area contributed by atoms with Gasteiger partial charge >= 0.3 is 0 Å². The highest BCUT2D eigenvalue weighted by Gasteiger charge is 2.12. The van der Waals surface area contributed by atoms with Gasteiger partial charge in [0.2, 0.25) is 0 Å². The lowest BCUT2D eigenvalue weighted by Gasteiger charge is -1.99. The Kier molecular flexibility index (Phi) is 17.3. The van der Waals surface area contributed by atoms with Gasteiger partial charge in [0.1, 0.15) is 67.2 Å². The maximum Gasteiger partial charge on any atom is 0.146 e. The van der Waals surface area contributed by atoms with E-state index in [2.05, 4.69) is 76.7 Å². The summed E-state index contributed by atoms with van der Waals surface area (Å²) in [5.41, 5.74) is 9.16. The number of anilines is 1. The van der Waals surface area contributed by atoms with Gasteiger partial charge in [-0.15, -0.1) is 0 Å². The third-order valence-corrected chi connectivity index (χ3v) is 9.07. The summed E-state index contributed by atoms with van der Waals surface area (Å²) in [5.74, 6) is 3.29. The molecule has 0 aliphatic carbocycles. The Morgan fingerprint density at radius 3 is 1.60 bits per heavy atom. The summed E-state index contributed by atoms with van der Waals surface area (Å²) >= 11 is 24.6. The van der Waals surface area contributed by atoms with Crippen LogP contribution in [0.1, 0.15) is 53.0 Å². The van der Waals surface area contributed by atoms with E-state index in [0.29, 0.717) is 44.6 Å². The predicted molar refractivity (Wildman–Crippen MR) is 230 cm³/mol. The molecular weight excluding hydrogens is 869 g/mol. The highest BCUT2D eigenvalue weighted by Crippen LogP contribution is 2.30. The molecule has 8 aromatic heterocycles. The maximum atomic E-state index is 5.99. The number of aryl methyl sites for hydroxylation is 7. The monoisotopic (exact) mass is 911 g/mol. The number of hydrogen-bond donors (Lipinski definition) is 2. The van der Waals surface area contributed by atoms with Crippen LogP contribution >= 0.6 is 66.7 Å². The number of nitrogen functional groups attached to an aromatic ring is 1. The predicted octanol–water partition coefficient (Wildman–Crippen LogP) is 10.7. The van der Waals surface area contributed by atoms with Gasteiger partial charge in [0, 0.05) is 54.9 Å². The van der Waals surface area contributed by atoms with Gasteiger partial charge < -0.3 is 24.4 Å². The van der Waals surface area contributed by atoms with E-state index >= 15 is 0 Å². The van der Waals surface area contributed by atoms with Crippen molar-refractivity contribution in [3.8, 4) is 0 Å². The van der Waals surface area contributed by atoms with E-state index in [-0.39, 0.29) is 29.7 Å². The number of nitrogens with one attached hydrogen (secondary N) is 1. The molecular formula is C35H46Br2Cl3N13. The molecule has 53 heavy (non-hydrogen) atoms. The van der Waals surface area contributed by atoms with Gasteiger partial charge in [-0.05, 0) is 71.7 Å². The van der Waals surface area contributed by atoms with Crippen molar-refractivity contribution in [2.75, 3.05) is 5.73 Å². The van der Waals surface area contributed by atoms with E-state index in [4.69, 9.17) is 40.5 Å². The largest absolute Gasteiger partial charge is 0.383 e. The number of rotatable bonds is 0. The summed E-state index contributed by atoms with van der Waals surface area (Å²) in [6.45, 7) is 7.30. The highest BCUT2D eigenvalue weighted by atomic mass is 79.9. The van der Waals surface area contributed by atoms with Crippen LogP contribution in [0.3, 0.4) is 0 Å². The molecule has 0 amide bonds. The van der Waals surface area contributed by atoms with Crippen LogP contribution in [0.2, 0.25) is 15.5 Å². The summed E-state index contributed by atoms with van der Waals surface area (Å²) in [6.07, 6.45) is 7.56. The lowest BCUT2D eigenvalue weighted by molar-refractivity contribution is 0.930. The first-order valence-corrected chi connectivity index (χ1v) is 17.2. The SMILES string of the molecule is C.C.C.C.Cc1nc(Cl)c2c(Br)cn(C)c2n1.Cc1nc(Cl)c2cc[nH]c2n1.Cc1nc(Cl)c2ccn(C)c2n1.Cc1nc(N)c2c(Br)cn(C)c2n1. The second kappa shape index (κ2) is 19.4. The van der Waals surface area contributed by atoms with Crippen LogP contribution in [-0.4, -0.2) is 58.6 Å². The molecule has 0 saturated carbocycles. The van der Waals surface area contributed by atoms with Crippen LogP contribution in [0, 0.1) is 27.7 Å². The van der Waals surface area contributed by atoms with Gasteiger partial charge in [-0.25, -0.2) is 39.9 Å². The average Bonchev–Trinajstić information content (AvgIpc) is 3.76. The summed E-state index contributed by atoms with van der Waals surface area (Å²) in [4.78, 5) is 36.2. The van der Waals surface area contributed by atoms with E-state index in [1.807, 2.05) is 93.3 Å². The number of hydrogen-bond acceptors (Lipinski definition) is 9. The van der Waals surface area contributed by atoms with Crippen LogP contribution in [0.5, 0.6) is 0 Å². The van der Waals surface area contributed by atoms with Crippen molar-refractivity contribution in [2.24, 2.45) is 21.1 Å².